The van der Waals surface area contributed by atoms with Gasteiger partial charge in [0.1, 0.15) is 0 Å². The Labute approximate surface area is 80.3 Å². The van der Waals surface area contributed by atoms with Crippen LogP contribution in [0.4, 0.5) is 0 Å². The number of amides is 1. The average Bonchev–Trinajstić information content (AvgIpc) is 2.10. The maximum atomic E-state index is 10.7. The quantitative estimate of drug-likeness (QED) is 0.585. The first-order valence-corrected chi connectivity index (χ1v) is 4.88. The van der Waals surface area contributed by atoms with Crippen molar-refractivity contribution in [2.75, 3.05) is 19.6 Å². The summed E-state index contributed by atoms with van der Waals surface area (Å²) in [5.41, 5.74) is 10.7. The average molecular weight is 187 g/mol. The highest BCUT2D eigenvalue weighted by atomic mass is 16.1. The predicted octanol–water partition coefficient (Wildman–Crippen LogP) is -0.0790. The number of nitrogens with two attached hydrogens (primary N) is 2. The minimum absolute atomic E-state index is 0.113. The van der Waals surface area contributed by atoms with Gasteiger partial charge in [-0.15, -0.1) is 0 Å². The zero-order chi connectivity index (χ0) is 10.3. The van der Waals surface area contributed by atoms with Crippen molar-refractivity contribution < 1.29 is 4.79 Å². The first kappa shape index (κ1) is 12.4. The minimum atomic E-state index is -0.273. The molecule has 0 aliphatic heterocycles. The van der Waals surface area contributed by atoms with Gasteiger partial charge >= 0.3 is 0 Å². The van der Waals surface area contributed by atoms with Crippen molar-refractivity contribution in [2.24, 2.45) is 11.5 Å². The lowest BCUT2D eigenvalue weighted by molar-refractivity contribution is -0.119. The number of nitrogens with zero attached hydrogens (tertiary/aromatic N) is 1. The number of primary amides is 1. The van der Waals surface area contributed by atoms with Crippen LogP contribution in [0.3, 0.4) is 0 Å². The van der Waals surface area contributed by atoms with Crippen LogP contribution >= 0.6 is 0 Å². The van der Waals surface area contributed by atoms with Crippen molar-refractivity contribution in [1.29, 1.82) is 0 Å². The highest BCUT2D eigenvalue weighted by Crippen LogP contribution is 2.03. The molecule has 0 saturated carbocycles. The highest BCUT2D eigenvalue weighted by molar-refractivity contribution is 5.74. The summed E-state index contributed by atoms with van der Waals surface area (Å²) in [7, 11) is 0. The number of hydrogen-bond donors (Lipinski definition) is 2. The van der Waals surface area contributed by atoms with Gasteiger partial charge in [-0.1, -0.05) is 13.8 Å². The van der Waals surface area contributed by atoms with Gasteiger partial charge in [-0.05, 0) is 19.5 Å². The van der Waals surface area contributed by atoms with Gasteiger partial charge in [-0.2, -0.15) is 0 Å². The zero-order valence-electron chi connectivity index (χ0n) is 8.62. The lowest BCUT2D eigenvalue weighted by atomic mass is 10.1. The summed E-state index contributed by atoms with van der Waals surface area (Å²) in [6, 6.07) is 0.113. The molecular weight excluding hydrogens is 166 g/mol. The summed E-state index contributed by atoms with van der Waals surface area (Å²) in [4.78, 5) is 12.9. The molecule has 0 aliphatic carbocycles. The van der Waals surface area contributed by atoms with Crippen LogP contribution < -0.4 is 11.5 Å². The van der Waals surface area contributed by atoms with E-state index in [-0.39, 0.29) is 11.9 Å². The van der Waals surface area contributed by atoms with Gasteiger partial charge in [0, 0.05) is 19.0 Å². The number of hydrogen-bond acceptors (Lipinski definition) is 3. The van der Waals surface area contributed by atoms with Crippen molar-refractivity contribution in [3.05, 3.63) is 0 Å². The molecule has 4 nitrogen and oxygen atoms in total. The lowest BCUT2D eigenvalue weighted by Crippen LogP contribution is -2.43. The van der Waals surface area contributed by atoms with Gasteiger partial charge in [-0.3, -0.25) is 9.69 Å². The zero-order valence-corrected chi connectivity index (χ0v) is 8.62. The molecule has 4 N–H and O–H groups in total. The standard InChI is InChI=1S/C9H21N3O/c1-3-5-12(4-2)8(7-10)6-9(11)13/h8H,3-7,10H2,1-2H3,(H2,11,13). The van der Waals surface area contributed by atoms with Crippen LogP contribution in [0, 0.1) is 0 Å². The third kappa shape index (κ3) is 4.85. The molecule has 1 amide bonds. The number of likely N-dealkylation sites (N-methyl/N-ethyl adjacent to an activating group) is 1. The van der Waals surface area contributed by atoms with E-state index in [9.17, 15) is 4.79 Å². The molecule has 1 atom stereocenters. The fourth-order valence-corrected chi connectivity index (χ4v) is 1.48. The van der Waals surface area contributed by atoms with Crippen molar-refractivity contribution in [3.8, 4) is 0 Å². The molecule has 0 aromatic rings. The van der Waals surface area contributed by atoms with Crippen LogP contribution in [-0.2, 0) is 4.79 Å². The Bertz CT molecular complexity index is 150. The van der Waals surface area contributed by atoms with Crippen LogP contribution in [0.15, 0.2) is 0 Å². The van der Waals surface area contributed by atoms with Gasteiger partial charge < -0.3 is 11.5 Å². The van der Waals surface area contributed by atoms with E-state index in [1.54, 1.807) is 0 Å². The van der Waals surface area contributed by atoms with Gasteiger partial charge in [0.05, 0.1) is 0 Å². The molecule has 0 aliphatic rings. The normalized spacial score (nSPS) is 13.2. The van der Waals surface area contributed by atoms with Crippen LogP contribution in [0.5, 0.6) is 0 Å². The largest absolute Gasteiger partial charge is 0.370 e. The number of carbonyl (C=O) groups is 1. The molecule has 0 fully saturated rings. The third-order valence-corrected chi connectivity index (χ3v) is 2.14. The maximum Gasteiger partial charge on any atom is 0.219 e. The van der Waals surface area contributed by atoms with E-state index in [1.165, 1.54) is 0 Å². The molecule has 0 radical (unpaired) electrons. The van der Waals surface area contributed by atoms with E-state index >= 15 is 0 Å². The molecule has 0 heterocycles. The van der Waals surface area contributed by atoms with E-state index in [0.717, 1.165) is 19.5 Å². The summed E-state index contributed by atoms with van der Waals surface area (Å²) < 4.78 is 0. The summed E-state index contributed by atoms with van der Waals surface area (Å²) in [6.07, 6.45) is 1.44. The second-order valence-electron chi connectivity index (χ2n) is 3.19. The van der Waals surface area contributed by atoms with Crippen molar-refractivity contribution in [2.45, 2.75) is 32.7 Å². The SMILES string of the molecule is CCCN(CC)C(CN)CC(N)=O. The first-order chi connectivity index (χ1) is 6.15. The van der Waals surface area contributed by atoms with Gasteiger partial charge in [0.25, 0.3) is 0 Å². The summed E-state index contributed by atoms with van der Waals surface area (Å²) in [5.74, 6) is -0.273. The van der Waals surface area contributed by atoms with E-state index in [0.29, 0.717) is 13.0 Å². The molecule has 0 saturated heterocycles. The molecule has 0 rings (SSSR count). The molecule has 78 valence electrons. The van der Waals surface area contributed by atoms with Crippen LogP contribution in [0.25, 0.3) is 0 Å². The topological polar surface area (TPSA) is 72.3 Å². The Morgan fingerprint density at radius 3 is 2.38 bits per heavy atom. The van der Waals surface area contributed by atoms with E-state index in [2.05, 4.69) is 18.7 Å². The minimum Gasteiger partial charge on any atom is -0.370 e. The highest BCUT2D eigenvalue weighted by Gasteiger charge is 2.16. The smallest absolute Gasteiger partial charge is 0.219 e. The molecular formula is C9H21N3O. The first-order valence-electron chi connectivity index (χ1n) is 4.88. The number of rotatable bonds is 7. The van der Waals surface area contributed by atoms with Crippen molar-refractivity contribution >= 4 is 5.91 Å². The van der Waals surface area contributed by atoms with Gasteiger partial charge in [-0.25, -0.2) is 0 Å². The second kappa shape index (κ2) is 6.86. The Kier molecular flexibility index (Phi) is 6.54. The van der Waals surface area contributed by atoms with Crippen LogP contribution in [0.1, 0.15) is 26.7 Å². The monoisotopic (exact) mass is 187 g/mol. The lowest BCUT2D eigenvalue weighted by Gasteiger charge is -2.28. The Balaban J connectivity index is 4.07. The summed E-state index contributed by atoms with van der Waals surface area (Å²) >= 11 is 0. The second-order valence-corrected chi connectivity index (χ2v) is 3.19. The van der Waals surface area contributed by atoms with Crippen molar-refractivity contribution in [3.63, 3.8) is 0 Å². The van der Waals surface area contributed by atoms with Crippen LogP contribution in [-0.4, -0.2) is 36.5 Å². The molecule has 0 bridgehead atoms. The van der Waals surface area contributed by atoms with Gasteiger partial charge in [0.15, 0.2) is 0 Å². The molecule has 0 aromatic heterocycles. The Morgan fingerprint density at radius 1 is 1.46 bits per heavy atom. The molecule has 0 spiro atoms. The van der Waals surface area contributed by atoms with Crippen molar-refractivity contribution in [1.82, 2.24) is 4.90 Å². The maximum absolute atomic E-state index is 10.7. The Morgan fingerprint density at radius 2 is 2.08 bits per heavy atom. The van der Waals surface area contributed by atoms with E-state index < -0.39 is 0 Å². The third-order valence-electron chi connectivity index (χ3n) is 2.14. The van der Waals surface area contributed by atoms with E-state index in [1.807, 2.05) is 0 Å². The fourth-order valence-electron chi connectivity index (χ4n) is 1.48. The molecule has 13 heavy (non-hydrogen) atoms. The van der Waals surface area contributed by atoms with E-state index in [4.69, 9.17) is 11.5 Å². The van der Waals surface area contributed by atoms with Gasteiger partial charge in [0.2, 0.25) is 5.91 Å². The Hall–Kier alpha value is -0.610. The van der Waals surface area contributed by atoms with Crippen LogP contribution in [0.2, 0.25) is 0 Å². The molecule has 4 heteroatoms. The summed E-state index contributed by atoms with van der Waals surface area (Å²) in [6.45, 7) is 6.57. The predicted molar refractivity (Wildman–Crippen MR) is 54.2 cm³/mol. The number of carbonyl (C=O) groups excluding carboxylic acids is 1. The fraction of sp³-hybridized carbons (Fsp3) is 0.889. The summed E-state index contributed by atoms with van der Waals surface area (Å²) in [5, 5.41) is 0. The molecule has 1 unspecified atom stereocenters. The molecule has 0 aromatic carbocycles.